The largest absolute Gasteiger partial charge is 0.461 e. The van der Waals surface area contributed by atoms with Gasteiger partial charge in [0.15, 0.2) is 0 Å². The van der Waals surface area contributed by atoms with E-state index in [0.717, 1.165) is 0 Å². The second-order valence-electron chi connectivity index (χ2n) is 2.19. The topological polar surface area (TPSA) is 55.2 Å². The van der Waals surface area contributed by atoms with E-state index in [0.29, 0.717) is 6.01 Å². The predicted octanol–water partition coefficient (Wildman–Crippen LogP) is 0.236. The molecule has 4 nitrogen and oxygen atoms in total. The van der Waals surface area contributed by atoms with Crippen LogP contribution in [0.2, 0.25) is 0 Å². The van der Waals surface area contributed by atoms with Gasteiger partial charge >= 0.3 is 6.01 Å². The first-order valence-electron chi connectivity index (χ1n) is 3.37. The van der Waals surface area contributed by atoms with Gasteiger partial charge in [-0.25, -0.2) is 9.97 Å². The smallest absolute Gasteiger partial charge is 0.316 e. The maximum Gasteiger partial charge on any atom is 0.316 e. The van der Waals surface area contributed by atoms with Crippen molar-refractivity contribution in [1.82, 2.24) is 9.97 Å². The Morgan fingerprint density at radius 3 is 2.73 bits per heavy atom. The Morgan fingerprint density at radius 1 is 1.55 bits per heavy atom. The molecule has 0 aliphatic carbocycles. The molecule has 0 aliphatic heterocycles. The van der Waals surface area contributed by atoms with E-state index in [9.17, 15) is 0 Å². The van der Waals surface area contributed by atoms with E-state index in [4.69, 9.17) is 9.84 Å². The molecule has 0 spiro atoms. The molecule has 0 radical (unpaired) electrons. The Labute approximate surface area is 64.9 Å². The molecule has 1 N–H and O–H groups in total. The number of aliphatic hydroxyl groups excluding tert-OH is 1. The summed E-state index contributed by atoms with van der Waals surface area (Å²) < 4.78 is 5.00. The molecule has 0 saturated carbocycles. The van der Waals surface area contributed by atoms with Crippen LogP contribution in [0.15, 0.2) is 18.5 Å². The molecule has 0 aliphatic rings. The molecule has 0 bridgehead atoms. The second-order valence-corrected chi connectivity index (χ2v) is 2.19. The summed E-state index contributed by atoms with van der Waals surface area (Å²) in [5.41, 5.74) is 0. The van der Waals surface area contributed by atoms with Crippen LogP contribution in [-0.4, -0.2) is 27.8 Å². The standard InChI is InChI=1S/C7H10N2O2/c1-6(10)5-11-7-8-3-2-4-9-7/h2-4,6,10H,5H2,1H3. The normalized spacial score (nSPS) is 12.5. The lowest BCUT2D eigenvalue weighted by molar-refractivity contribution is 0.116. The zero-order valence-electron chi connectivity index (χ0n) is 6.27. The van der Waals surface area contributed by atoms with Gasteiger partial charge in [-0.3, -0.25) is 0 Å². The highest BCUT2D eigenvalue weighted by Gasteiger charge is 1.97. The zero-order chi connectivity index (χ0) is 8.10. The van der Waals surface area contributed by atoms with Gasteiger partial charge in [0.25, 0.3) is 0 Å². The third-order valence-corrected chi connectivity index (χ3v) is 0.996. The molecule has 0 fully saturated rings. The van der Waals surface area contributed by atoms with Crippen LogP contribution in [0.25, 0.3) is 0 Å². The van der Waals surface area contributed by atoms with Crippen LogP contribution < -0.4 is 4.74 Å². The highest BCUT2D eigenvalue weighted by atomic mass is 16.5. The van der Waals surface area contributed by atoms with Crippen molar-refractivity contribution >= 4 is 0 Å². The van der Waals surface area contributed by atoms with Crippen LogP contribution in [-0.2, 0) is 0 Å². The Morgan fingerprint density at radius 2 is 2.18 bits per heavy atom. The zero-order valence-corrected chi connectivity index (χ0v) is 6.27. The van der Waals surface area contributed by atoms with Gasteiger partial charge in [0.1, 0.15) is 6.61 Å². The highest BCUT2D eigenvalue weighted by Crippen LogP contribution is 1.97. The van der Waals surface area contributed by atoms with E-state index in [1.54, 1.807) is 25.4 Å². The molecule has 60 valence electrons. The van der Waals surface area contributed by atoms with Crippen LogP contribution in [0, 0.1) is 0 Å². The van der Waals surface area contributed by atoms with Crippen molar-refractivity contribution in [3.63, 3.8) is 0 Å². The van der Waals surface area contributed by atoms with E-state index >= 15 is 0 Å². The minimum Gasteiger partial charge on any atom is -0.461 e. The van der Waals surface area contributed by atoms with E-state index < -0.39 is 6.10 Å². The lowest BCUT2D eigenvalue weighted by Crippen LogP contribution is -2.13. The molecule has 4 heteroatoms. The van der Waals surface area contributed by atoms with Gasteiger partial charge in [0.2, 0.25) is 0 Å². The van der Waals surface area contributed by atoms with Crippen LogP contribution in [0.4, 0.5) is 0 Å². The SMILES string of the molecule is CC(O)COc1ncccn1. The Balaban J connectivity index is 2.39. The van der Waals surface area contributed by atoms with Crippen molar-refractivity contribution in [1.29, 1.82) is 0 Å². The van der Waals surface area contributed by atoms with Crippen molar-refractivity contribution in [2.24, 2.45) is 0 Å². The van der Waals surface area contributed by atoms with E-state index in [-0.39, 0.29) is 6.61 Å². The van der Waals surface area contributed by atoms with Gasteiger partial charge in [-0.15, -0.1) is 0 Å². The first-order valence-corrected chi connectivity index (χ1v) is 3.37. The van der Waals surface area contributed by atoms with Gasteiger partial charge in [-0.1, -0.05) is 0 Å². The van der Waals surface area contributed by atoms with Crippen molar-refractivity contribution in [2.45, 2.75) is 13.0 Å². The van der Waals surface area contributed by atoms with Crippen LogP contribution in [0.3, 0.4) is 0 Å². The van der Waals surface area contributed by atoms with E-state index in [1.807, 2.05) is 0 Å². The van der Waals surface area contributed by atoms with Gasteiger partial charge < -0.3 is 9.84 Å². The molecule has 1 unspecified atom stereocenters. The molecular weight excluding hydrogens is 144 g/mol. The third kappa shape index (κ3) is 2.95. The Bertz CT molecular complexity index is 201. The average molecular weight is 154 g/mol. The van der Waals surface area contributed by atoms with Crippen molar-refractivity contribution in [3.05, 3.63) is 18.5 Å². The summed E-state index contributed by atoms with van der Waals surface area (Å²) in [4.78, 5) is 7.61. The fourth-order valence-corrected chi connectivity index (χ4v) is 0.555. The molecular formula is C7H10N2O2. The summed E-state index contributed by atoms with van der Waals surface area (Å²) in [6.45, 7) is 1.87. The maximum absolute atomic E-state index is 8.83. The molecule has 0 saturated heterocycles. The van der Waals surface area contributed by atoms with Crippen molar-refractivity contribution in [2.75, 3.05) is 6.61 Å². The van der Waals surface area contributed by atoms with Gasteiger partial charge in [-0.05, 0) is 13.0 Å². The van der Waals surface area contributed by atoms with Crippen LogP contribution in [0.5, 0.6) is 6.01 Å². The number of hydrogen-bond donors (Lipinski definition) is 1. The van der Waals surface area contributed by atoms with Gasteiger partial charge in [0, 0.05) is 12.4 Å². The Kier molecular flexibility index (Phi) is 2.80. The summed E-state index contributed by atoms with van der Waals surface area (Å²) in [7, 11) is 0. The number of rotatable bonds is 3. The van der Waals surface area contributed by atoms with Gasteiger partial charge in [-0.2, -0.15) is 0 Å². The molecule has 1 rings (SSSR count). The minimum absolute atomic E-state index is 0.226. The maximum atomic E-state index is 8.83. The molecule has 0 amide bonds. The lowest BCUT2D eigenvalue weighted by Gasteiger charge is -2.04. The molecule has 1 aromatic rings. The Hall–Kier alpha value is -1.16. The first kappa shape index (κ1) is 7.94. The molecule has 0 aromatic carbocycles. The summed E-state index contributed by atoms with van der Waals surface area (Å²) in [6, 6.07) is 2.00. The number of aliphatic hydroxyl groups is 1. The molecule has 1 atom stereocenters. The molecule has 11 heavy (non-hydrogen) atoms. The number of aromatic nitrogens is 2. The lowest BCUT2D eigenvalue weighted by atomic mass is 10.4. The fourth-order valence-electron chi connectivity index (χ4n) is 0.555. The second kappa shape index (κ2) is 3.88. The van der Waals surface area contributed by atoms with Crippen LogP contribution >= 0.6 is 0 Å². The molecule has 1 aromatic heterocycles. The van der Waals surface area contributed by atoms with Gasteiger partial charge in [0.05, 0.1) is 6.10 Å². The first-order chi connectivity index (χ1) is 5.29. The minimum atomic E-state index is -0.487. The van der Waals surface area contributed by atoms with E-state index in [2.05, 4.69) is 9.97 Å². The van der Waals surface area contributed by atoms with Crippen molar-refractivity contribution in [3.8, 4) is 6.01 Å². The quantitative estimate of drug-likeness (QED) is 0.677. The predicted molar refractivity (Wildman–Crippen MR) is 39.2 cm³/mol. The third-order valence-electron chi connectivity index (χ3n) is 0.996. The summed E-state index contributed by atoms with van der Waals surface area (Å²) in [5.74, 6) is 0. The van der Waals surface area contributed by atoms with E-state index in [1.165, 1.54) is 0 Å². The highest BCUT2D eigenvalue weighted by molar-refractivity contribution is 4.93. The van der Waals surface area contributed by atoms with Crippen LogP contribution in [0.1, 0.15) is 6.92 Å². The number of ether oxygens (including phenoxy) is 1. The fraction of sp³-hybridized carbons (Fsp3) is 0.429. The average Bonchev–Trinajstić information content (AvgIpc) is 2.03. The summed E-state index contributed by atoms with van der Waals surface area (Å²) >= 11 is 0. The number of hydrogen-bond acceptors (Lipinski definition) is 4. The monoisotopic (exact) mass is 154 g/mol. The summed E-state index contributed by atoms with van der Waals surface area (Å²) in [6.07, 6.45) is 2.69. The number of nitrogens with zero attached hydrogens (tertiary/aromatic N) is 2. The summed E-state index contributed by atoms with van der Waals surface area (Å²) in [5, 5.41) is 8.83. The van der Waals surface area contributed by atoms with Crippen molar-refractivity contribution < 1.29 is 9.84 Å². The molecule has 1 heterocycles.